The number of carbonyl (C=O) groups is 2. The molecule has 0 fully saturated rings. The average Bonchev–Trinajstić information content (AvgIpc) is 2.54. The molecule has 1 N–H and O–H groups in total. The van der Waals surface area contributed by atoms with E-state index in [2.05, 4.69) is 0 Å². The van der Waals surface area contributed by atoms with E-state index in [1.165, 1.54) is 5.39 Å². The Morgan fingerprint density at radius 2 is 1.20 bits per heavy atom. The van der Waals surface area contributed by atoms with Crippen molar-refractivity contribution in [3.8, 4) is 0 Å². The minimum absolute atomic E-state index is 0.139. The van der Waals surface area contributed by atoms with Crippen LogP contribution in [0.4, 0.5) is 0 Å². The van der Waals surface area contributed by atoms with E-state index in [4.69, 9.17) is 5.11 Å². The normalized spacial score (nSPS) is 10.1. The predicted molar refractivity (Wildman–Crippen MR) is 108 cm³/mol. The first kappa shape index (κ1) is 25.2. The first-order valence-corrected chi connectivity index (χ1v) is 8.59. The lowest BCUT2D eigenvalue weighted by molar-refractivity contribution is -0.113. The lowest BCUT2D eigenvalue weighted by Gasteiger charge is -2.04. The van der Waals surface area contributed by atoms with Crippen molar-refractivity contribution in [2.24, 2.45) is 5.41 Å². The molecule has 0 heterocycles. The standard InChI is InChI=1S/C11H8O.C5H10O.C4H10O.C2H6/c12-8-9-5-6-10-3-1-2-4-11(10)7-9;1-5(2,3)4-6;1-4(2,3)5;1-2/h1-8H;4H,1-3H3;5H,1-3H3;1-2H3. The van der Waals surface area contributed by atoms with Gasteiger partial charge in [-0.15, -0.1) is 0 Å². The van der Waals surface area contributed by atoms with Gasteiger partial charge in [0.25, 0.3) is 0 Å². The van der Waals surface area contributed by atoms with Crippen molar-refractivity contribution in [1.82, 2.24) is 0 Å². The van der Waals surface area contributed by atoms with E-state index in [1.54, 1.807) is 20.8 Å². The zero-order valence-electron chi connectivity index (χ0n) is 17.0. The topological polar surface area (TPSA) is 54.4 Å². The molecular formula is C22H34O3. The number of aliphatic hydroxyl groups is 1. The number of hydrogen-bond acceptors (Lipinski definition) is 3. The number of fused-ring (bicyclic) bond motifs is 1. The van der Waals surface area contributed by atoms with Crippen LogP contribution in [0.25, 0.3) is 10.8 Å². The lowest BCUT2D eigenvalue weighted by atomic mass is 10.0. The van der Waals surface area contributed by atoms with Crippen LogP contribution in [-0.4, -0.2) is 23.3 Å². The Hall–Kier alpha value is -2.00. The van der Waals surface area contributed by atoms with Crippen molar-refractivity contribution < 1.29 is 14.7 Å². The third-order valence-corrected chi connectivity index (χ3v) is 2.26. The smallest absolute Gasteiger partial charge is 0.150 e. The van der Waals surface area contributed by atoms with Gasteiger partial charge in [-0.3, -0.25) is 4.79 Å². The largest absolute Gasteiger partial charge is 0.391 e. The highest BCUT2D eigenvalue weighted by Crippen LogP contribution is 2.14. The van der Waals surface area contributed by atoms with Crippen LogP contribution in [0.5, 0.6) is 0 Å². The monoisotopic (exact) mass is 346 g/mol. The molecule has 0 amide bonds. The summed E-state index contributed by atoms with van der Waals surface area (Å²) < 4.78 is 0. The molecule has 0 spiro atoms. The molecular weight excluding hydrogens is 312 g/mol. The Morgan fingerprint density at radius 1 is 0.800 bits per heavy atom. The summed E-state index contributed by atoms with van der Waals surface area (Å²) in [4.78, 5) is 20.3. The maximum absolute atomic E-state index is 10.5. The molecule has 140 valence electrons. The molecule has 25 heavy (non-hydrogen) atoms. The summed E-state index contributed by atoms with van der Waals surface area (Å²) in [5.41, 5.74) is 0.0914. The maximum Gasteiger partial charge on any atom is 0.150 e. The predicted octanol–water partition coefficient (Wildman–Crippen LogP) is 5.69. The van der Waals surface area contributed by atoms with Crippen LogP contribution in [0.15, 0.2) is 42.5 Å². The Kier molecular flexibility index (Phi) is 12.5. The second-order valence-electron chi connectivity index (χ2n) is 7.38. The third-order valence-electron chi connectivity index (χ3n) is 2.26. The number of aldehydes is 2. The fraction of sp³-hybridized carbons (Fsp3) is 0.455. The Balaban J connectivity index is 0. The third kappa shape index (κ3) is 16.6. The summed E-state index contributed by atoms with van der Waals surface area (Å²) in [6, 6.07) is 13.7. The number of hydrogen-bond donors (Lipinski definition) is 1. The van der Waals surface area contributed by atoms with E-state index in [-0.39, 0.29) is 5.41 Å². The second-order valence-corrected chi connectivity index (χ2v) is 7.38. The summed E-state index contributed by atoms with van der Waals surface area (Å²) in [7, 11) is 0. The first-order valence-electron chi connectivity index (χ1n) is 8.59. The number of carbonyl (C=O) groups excluding carboxylic acids is 2. The highest BCUT2D eigenvalue weighted by molar-refractivity contribution is 5.88. The van der Waals surface area contributed by atoms with E-state index in [9.17, 15) is 9.59 Å². The molecule has 3 heteroatoms. The van der Waals surface area contributed by atoms with Gasteiger partial charge in [-0.05, 0) is 37.6 Å². The van der Waals surface area contributed by atoms with Gasteiger partial charge in [-0.25, -0.2) is 0 Å². The van der Waals surface area contributed by atoms with Crippen LogP contribution in [0.1, 0.15) is 65.7 Å². The molecule has 0 radical (unpaired) electrons. The quantitative estimate of drug-likeness (QED) is 0.675. The van der Waals surface area contributed by atoms with Crippen LogP contribution in [0.3, 0.4) is 0 Å². The van der Waals surface area contributed by atoms with E-state index < -0.39 is 5.60 Å². The summed E-state index contributed by atoms with van der Waals surface area (Å²) in [5, 5.41) is 10.8. The van der Waals surface area contributed by atoms with E-state index in [0.29, 0.717) is 0 Å². The van der Waals surface area contributed by atoms with Gasteiger partial charge >= 0.3 is 0 Å². The van der Waals surface area contributed by atoms with Gasteiger partial charge in [0, 0.05) is 11.0 Å². The van der Waals surface area contributed by atoms with Gasteiger partial charge in [0.2, 0.25) is 0 Å². The fourth-order valence-electron chi connectivity index (χ4n) is 1.28. The minimum Gasteiger partial charge on any atom is -0.391 e. The van der Waals surface area contributed by atoms with Gasteiger partial charge < -0.3 is 9.90 Å². The van der Waals surface area contributed by atoms with Crippen molar-refractivity contribution >= 4 is 23.3 Å². The molecule has 0 atom stereocenters. The van der Waals surface area contributed by atoms with Crippen LogP contribution < -0.4 is 0 Å². The molecule has 2 aromatic rings. The molecule has 2 aromatic carbocycles. The fourth-order valence-corrected chi connectivity index (χ4v) is 1.28. The SMILES string of the molecule is CC.CC(C)(C)C=O.CC(C)(C)O.O=Cc1ccc2ccccc2c1. The maximum atomic E-state index is 10.5. The van der Waals surface area contributed by atoms with Crippen molar-refractivity contribution in [3.05, 3.63) is 48.0 Å². The molecule has 0 aliphatic rings. The van der Waals surface area contributed by atoms with Crippen LogP contribution >= 0.6 is 0 Å². The molecule has 2 rings (SSSR count). The summed E-state index contributed by atoms with van der Waals surface area (Å²) in [6.07, 6.45) is 1.80. The highest BCUT2D eigenvalue weighted by Gasteiger charge is 2.04. The minimum atomic E-state index is -0.500. The number of benzene rings is 2. The van der Waals surface area contributed by atoms with Crippen LogP contribution in [0, 0.1) is 5.41 Å². The number of rotatable bonds is 1. The zero-order valence-corrected chi connectivity index (χ0v) is 17.0. The molecule has 0 aliphatic heterocycles. The summed E-state index contributed by atoms with van der Waals surface area (Å²) in [5.74, 6) is 0. The van der Waals surface area contributed by atoms with Crippen LogP contribution in [-0.2, 0) is 4.79 Å². The van der Waals surface area contributed by atoms with Gasteiger partial charge in [0.05, 0.1) is 5.60 Å². The summed E-state index contributed by atoms with van der Waals surface area (Å²) >= 11 is 0. The Labute approximate surface area is 153 Å². The Morgan fingerprint density at radius 3 is 1.56 bits per heavy atom. The lowest BCUT2D eigenvalue weighted by Crippen LogP contribution is -2.10. The first-order chi connectivity index (χ1) is 11.5. The van der Waals surface area contributed by atoms with Gasteiger partial charge in [0.15, 0.2) is 0 Å². The van der Waals surface area contributed by atoms with Crippen molar-refractivity contribution in [1.29, 1.82) is 0 Å². The molecule has 3 nitrogen and oxygen atoms in total. The molecule has 0 saturated carbocycles. The van der Waals surface area contributed by atoms with Crippen molar-refractivity contribution in [3.63, 3.8) is 0 Å². The zero-order chi connectivity index (χ0) is 20.1. The Bertz CT molecular complexity index is 611. The van der Waals surface area contributed by atoms with Gasteiger partial charge in [0.1, 0.15) is 12.6 Å². The molecule has 0 saturated heterocycles. The molecule has 0 aromatic heterocycles. The molecule has 0 aliphatic carbocycles. The van der Waals surface area contributed by atoms with E-state index in [1.807, 2.05) is 77.1 Å². The van der Waals surface area contributed by atoms with Crippen molar-refractivity contribution in [2.75, 3.05) is 0 Å². The van der Waals surface area contributed by atoms with Crippen molar-refractivity contribution in [2.45, 2.75) is 61.0 Å². The molecule has 0 bridgehead atoms. The van der Waals surface area contributed by atoms with E-state index >= 15 is 0 Å². The van der Waals surface area contributed by atoms with Crippen LogP contribution in [0.2, 0.25) is 0 Å². The van der Waals surface area contributed by atoms with E-state index in [0.717, 1.165) is 23.5 Å². The highest BCUT2D eigenvalue weighted by atomic mass is 16.3. The molecule has 0 unspecified atom stereocenters. The van der Waals surface area contributed by atoms with Gasteiger partial charge in [-0.1, -0.05) is 71.0 Å². The van der Waals surface area contributed by atoms with Gasteiger partial charge in [-0.2, -0.15) is 0 Å². The average molecular weight is 347 g/mol. The second kappa shape index (κ2) is 12.4. The summed E-state index contributed by atoms with van der Waals surface area (Å²) in [6.45, 7) is 14.9.